The molecule has 1 rings (SSSR count). The van der Waals surface area contributed by atoms with Crippen molar-refractivity contribution in [3.8, 4) is 0 Å². The minimum atomic E-state index is 0.0733. The SMILES string of the molecule is CCCN(CC(=O)N(C)C)c1nc(C)nc(NCC)c1C. The topological polar surface area (TPSA) is 61.4 Å². The van der Waals surface area contributed by atoms with Crippen LogP contribution in [0.25, 0.3) is 0 Å². The van der Waals surface area contributed by atoms with Gasteiger partial charge in [0, 0.05) is 32.7 Å². The summed E-state index contributed by atoms with van der Waals surface area (Å²) in [6.45, 7) is 9.95. The highest BCUT2D eigenvalue weighted by molar-refractivity contribution is 5.81. The number of amides is 1. The molecule has 1 aromatic rings. The maximum absolute atomic E-state index is 12.0. The lowest BCUT2D eigenvalue weighted by molar-refractivity contribution is -0.127. The predicted molar refractivity (Wildman–Crippen MR) is 86.9 cm³/mol. The van der Waals surface area contributed by atoms with Crippen molar-refractivity contribution < 1.29 is 4.79 Å². The normalized spacial score (nSPS) is 10.4. The first kappa shape index (κ1) is 17.2. The Kier molecular flexibility index (Phi) is 6.39. The molecule has 21 heavy (non-hydrogen) atoms. The maximum atomic E-state index is 12.0. The number of hydrogen-bond acceptors (Lipinski definition) is 5. The second-order valence-electron chi connectivity index (χ2n) is 5.31. The van der Waals surface area contributed by atoms with Crippen LogP contribution in [0.4, 0.5) is 11.6 Å². The molecule has 0 aromatic carbocycles. The lowest BCUT2D eigenvalue weighted by Crippen LogP contribution is -2.38. The average molecular weight is 293 g/mol. The van der Waals surface area contributed by atoms with E-state index >= 15 is 0 Å². The third kappa shape index (κ3) is 4.58. The van der Waals surface area contributed by atoms with Crippen LogP contribution < -0.4 is 10.2 Å². The molecule has 0 fully saturated rings. The van der Waals surface area contributed by atoms with Gasteiger partial charge in [0.1, 0.15) is 17.5 Å². The van der Waals surface area contributed by atoms with E-state index in [1.807, 2.05) is 25.7 Å². The zero-order chi connectivity index (χ0) is 16.0. The number of likely N-dealkylation sites (N-methyl/N-ethyl adjacent to an activating group) is 1. The number of hydrogen-bond donors (Lipinski definition) is 1. The fourth-order valence-corrected chi connectivity index (χ4v) is 2.10. The summed E-state index contributed by atoms with van der Waals surface area (Å²) in [5.41, 5.74) is 0.988. The smallest absolute Gasteiger partial charge is 0.241 e. The van der Waals surface area contributed by atoms with E-state index in [1.54, 1.807) is 19.0 Å². The highest BCUT2D eigenvalue weighted by Crippen LogP contribution is 2.23. The van der Waals surface area contributed by atoms with Gasteiger partial charge in [0.25, 0.3) is 0 Å². The van der Waals surface area contributed by atoms with Gasteiger partial charge in [-0.05, 0) is 27.2 Å². The van der Waals surface area contributed by atoms with Gasteiger partial charge >= 0.3 is 0 Å². The van der Waals surface area contributed by atoms with Crippen molar-refractivity contribution in [1.82, 2.24) is 14.9 Å². The molecule has 0 saturated heterocycles. The van der Waals surface area contributed by atoms with Gasteiger partial charge in [-0.25, -0.2) is 9.97 Å². The van der Waals surface area contributed by atoms with Crippen molar-refractivity contribution >= 4 is 17.5 Å². The van der Waals surface area contributed by atoms with Crippen LogP contribution in [0.5, 0.6) is 0 Å². The van der Waals surface area contributed by atoms with Crippen LogP contribution in [-0.4, -0.2) is 54.5 Å². The molecule has 1 amide bonds. The molecule has 1 N–H and O–H groups in total. The number of nitrogens with one attached hydrogen (secondary N) is 1. The minimum absolute atomic E-state index is 0.0733. The van der Waals surface area contributed by atoms with Crippen LogP contribution in [0.3, 0.4) is 0 Å². The Hall–Kier alpha value is -1.85. The van der Waals surface area contributed by atoms with Crippen molar-refractivity contribution in [2.75, 3.05) is 43.9 Å². The molecule has 0 bridgehead atoms. The Labute approximate surface area is 127 Å². The number of carbonyl (C=O) groups excluding carboxylic acids is 1. The molecule has 0 radical (unpaired) electrons. The van der Waals surface area contributed by atoms with Gasteiger partial charge < -0.3 is 15.1 Å². The molecular weight excluding hydrogens is 266 g/mol. The van der Waals surface area contributed by atoms with E-state index in [0.717, 1.165) is 36.7 Å². The molecule has 0 spiro atoms. The van der Waals surface area contributed by atoms with Crippen molar-refractivity contribution in [2.24, 2.45) is 0 Å². The summed E-state index contributed by atoms with van der Waals surface area (Å²) >= 11 is 0. The van der Waals surface area contributed by atoms with E-state index in [0.29, 0.717) is 12.4 Å². The number of anilines is 2. The second kappa shape index (κ2) is 7.81. The molecule has 1 aromatic heterocycles. The van der Waals surface area contributed by atoms with E-state index < -0.39 is 0 Å². The maximum Gasteiger partial charge on any atom is 0.241 e. The molecule has 0 saturated carbocycles. The van der Waals surface area contributed by atoms with Crippen molar-refractivity contribution in [3.63, 3.8) is 0 Å². The Morgan fingerprint density at radius 1 is 1.19 bits per heavy atom. The standard InChI is InChI=1S/C15H27N5O/c1-7-9-20(10-13(21)19(5)6)15-11(3)14(16-8-2)17-12(4)18-15/h7-10H2,1-6H3,(H,16,17,18). The minimum Gasteiger partial charge on any atom is -0.370 e. The van der Waals surface area contributed by atoms with Gasteiger partial charge in [-0.2, -0.15) is 0 Å². The summed E-state index contributed by atoms with van der Waals surface area (Å²) < 4.78 is 0. The molecule has 0 aliphatic rings. The number of carbonyl (C=O) groups is 1. The Morgan fingerprint density at radius 3 is 2.38 bits per heavy atom. The molecule has 6 nitrogen and oxygen atoms in total. The number of rotatable bonds is 7. The van der Waals surface area contributed by atoms with Crippen LogP contribution in [-0.2, 0) is 4.79 Å². The van der Waals surface area contributed by atoms with E-state index in [2.05, 4.69) is 22.2 Å². The van der Waals surface area contributed by atoms with Crippen LogP contribution >= 0.6 is 0 Å². The van der Waals surface area contributed by atoms with Gasteiger partial charge in [0.15, 0.2) is 0 Å². The summed E-state index contributed by atoms with van der Waals surface area (Å²) in [5, 5.41) is 3.26. The summed E-state index contributed by atoms with van der Waals surface area (Å²) in [6, 6.07) is 0. The van der Waals surface area contributed by atoms with E-state index in [9.17, 15) is 4.79 Å². The fraction of sp³-hybridized carbons (Fsp3) is 0.667. The highest BCUT2D eigenvalue weighted by Gasteiger charge is 2.18. The van der Waals surface area contributed by atoms with Crippen LogP contribution in [0.15, 0.2) is 0 Å². The molecule has 1 heterocycles. The van der Waals surface area contributed by atoms with Gasteiger partial charge in [-0.1, -0.05) is 6.92 Å². The first-order valence-corrected chi connectivity index (χ1v) is 7.44. The third-order valence-corrected chi connectivity index (χ3v) is 3.19. The molecule has 118 valence electrons. The highest BCUT2D eigenvalue weighted by atomic mass is 16.2. The van der Waals surface area contributed by atoms with Gasteiger partial charge in [0.2, 0.25) is 5.91 Å². The van der Waals surface area contributed by atoms with Gasteiger partial charge in [0.05, 0.1) is 6.54 Å². The average Bonchev–Trinajstić information content (AvgIpc) is 2.42. The number of nitrogens with zero attached hydrogens (tertiary/aromatic N) is 4. The molecule has 0 aliphatic carbocycles. The van der Waals surface area contributed by atoms with Gasteiger partial charge in [-0.3, -0.25) is 4.79 Å². The van der Waals surface area contributed by atoms with Crippen molar-refractivity contribution in [1.29, 1.82) is 0 Å². The van der Waals surface area contributed by atoms with Crippen LogP contribution in [0.1, 0.15) is 31.7 Å². The summed E-state index contributed by atoms with van der Waals surface area (Å²) in [6.07, 6.45) is 0.958. The largest absolute Gasteiger partial charge is 0.370 e. The lowest BCUT2D eigenvalue weighted by atomic mass is 10.2. The summed E-state index contributed by atoms with van der Waals surface area (Å²) in [5.74, 6) is 2.47. The van der Waals surface area contributed by atoms with E-state index in [1.165, 1.54) is 0 Å². The third-order valence-electron chi connectivity index (χ3n) is 3.19. The first-order valence-electron chi connectivity index (χ1n) is 7.44. The fourth-order valence-electron chi connectivity index (χ4n) is 2.10. The summed E-state index contributed by atoms with van der Waals surface area (Å²) in [4.78, 5) is 24.7. The number of aromatic nitrogens is 2. The molecule has 0 unspecified atom stereocenters. The molecule has 6 heteroatoms. The first-order chi connectivity index (χ1) is 9.90. The summed E-state index contributed by atoms with van der Waals surface area (Å²) in [7, 11) is 3.54. The van der Waals surface area contributed by atoms with E-state index in [4.69, 9.17) is 0 Å². The molecular formula is C15H27N5O. The molecule has 0 atom stereocenters. The van der Waals surface area contributed by atoms with Crippen LogP contribution in [0.2, 0.25) is 0 Å². The van der Waals surface area contributed by atoms with Gasteiger partial charge in [-0.15, -0.1) is 0 Å². The Bertz CT molecular complexity index is 487. The van der Waals surface area contributed by atoms with Crippen molar-refractivity contribution in [2.45, 2.75) is 34.1 Å². The second-order valence-corrected chi connectivity index (χ2v) is 5.31. The predicted octanol–water partition coefficient (Wildman–Crippen LogP) is 1.83. The molecule has 0 aliphatic heterocycles. The van der Waals surface area contributed by atoms with Crippen LogP contribution in [0, 0.1) is 13.8 Å². The van der Waals surface area contributed by atoms with E-state index in [-0.39, 0.29) is 5.91 Å². The Balaban J connectivity index is 3.15. The quantitative estimate of drug-likeness (QED) is 0.831. The zero-order valence-corrected chi connectivity index (χ0v) is 14.0. The zero-order valence-electron chi connectivity index (χ0n) is 14.0. The number of aryl methyl sites for hydroxylation is 1. The monoisotopic (exact) mass is 293 g/mol. The lowest BCUT2D eigenvalue weighted by Gasteiger charge is -2.26. The van der Waals surface area contributed by atoms with Crippen molar-refractivity contribution in [3.05, 3.63) is 11.4 Å². The Morgan fingerprint density at radius 2 is 1.86 bits per heavy atom.